The number of primary amides is 1. The first kappa shape index (κ1) is 16.2. The van der Waals surface area contributed by atoms with Crippen molar-refractivity contribution >= 4 is 17.7 Å². The van der Waals surface area contributed by atoms with E-state index in [4.69, 9.17) is 16.3 Å². The van der Waals surface area contributed by atoms with Gasteiger partial charge >= 0.3 is 0 Å². The molecule has 0 aliphatic rings. The second-order valence-electron chi connectivity index (χ2n) is 4.99. The van der Waals surface area contributed by atoms with Gasteiger partial charge in [0, 0.05) is 0 Å². The molecule has 8 heteroatoms. The number of hydrogen-bond acceptors (Lipinski definition) is 6. The van der Waals surface area contributed by atoms with E-state index in [0.717, 1.165) is 23.1 Å². The molecule has 118 valence electrons. The molecular formula is C14H19N5O2S. The molecular weight excluding hydrogens is 302 g/mol. The second kappa shape index (κ2) is 6.69. The van der Waals surface area contributed by atoms with Crippen molar-refractivity contribution in [2.24, 2.45) is 5.73 Å². The smallest absolute Gasteiger partial charge is 0.230 e. The number of rotatable bonds is 6. The largest absolute Gasteiger partial charge is 0.485 e. The molecule has 2 rings (SSSR count). The monoisotopic (exact) mass is 321 g/mol. The van der Waals surface area contributed by atoms with Crippen LogP contribution in [-0.4, -0.2) is 26.0 Å². The molecule has 1 amide bonds. The zero-order chi connectivity index (χ0) is 16.3. The minimum absolute atomic E-state index is 0.193. The van der Waals surface area contributed by atoms with Gasteiger partial charge in [-0.05, 0) is 32.4 Å². The van der Waals surface area contributed by atoms with E-state index in [1.54, 1.807) is 6.92 Å². The number of nitrogens with two attached hydrogens (primary N) is 2. The van der Waals surface area contributed by atoms with Gasteiger partial charge in [0.1, 0.15) is 12.4 Å². The number of nitrogens with zero attached hydrogens (tertiary/aromatic N) is 3. The van der Waals surface area contributed by atoms with Crippen LogP contribution in [0.4, 0.5) is 0 Å². The first-order valence-corrected chi connectivity index (χ1v) is 7.62. The summed E-state index contributed by atoms with van der Waals surface area (Å²) >= 11 is 1.16. The molecule has 22 heavy (non-hydrogen) atoms. The lowest BCUT2D eigenvalue weighted by molar-refractivity contribution is -0.117. The van der Waals surface area contributed by atoms with Crippen LogP contribution < -0.4 is 16.3 Å². The van der Waals surface area contributed by atoms with Gasteiger partial charge in [-0.3, -0.25) is 4.79 Å². The Balaban J connectivity index is 2.05. The van der Waals surface area contributed by atoms with Crippen LogP contribution in [0.1, 0.15) is 23.9 Å². The number of carbonyl (C=O) groups excluding carboxylic acids is 1. The Kier molecular flexibility index (Phi) is 4.92. The maximum atomic E-state index is 11.1. The summed E-state index contributed by atoms with van der Waals surface area (Å²) in [5, 5.41) is 7.92. The molecule has 0 aliphatic carbocycles. The lowest BCUT2D eigenvalue weighted by Crippen LogP contribution is -2.24. The molecule has 1 aromatic heterocycles. The molecule has 0 bridgehead atoms. The van der Waals surface area contributed by atoms with E-state index in [9.17, 15) is 4.79 Å². The molecule has 0 radical (unpaired) electrons. The highest BCUT2D eigenvalue weighted by molar-refractivity contribution is 8.00. The van der Waals surface area contributed by atoms with Crippen molar-refractivity contribution in [3.63, 3.8) is 0 Å². The third-order valence-corrected chi connectivity index (χ3v) is 4.18. The van der Waals surface area contributed by atoms with Crippen molar-refractivity contribution in [2.45, 2.75) is 37.8 Å². The van der Waals surface area contributed by atoms with Crippen LogP contribution >= 0.6 is 11.8 Å². The number of hydrogen-bond donors (Lipinski definition) is 2. The van der Waals surface area contributed by atoms with Gasteiger partial charge in [0.05, 0.1) is 5.25 Å². The molecule has 0 spiro atoms. The van der Waals surface area contributed by atoms with Gasteiger partial charge in [-0.2, -0.15) is 0 Å². The Labute approximate surface area is 133 Å². The highest BCUT2D eigenvalue weighted by atomic mass is 32.2. The van der Waals surface area contributed by atoms with E-state index < -0.39 is 11.2 Å². The summed E-state index contributed by atoms with van der Waals surface area (Å²) in [6, 6.07) is 5.93. The number of ether oxygens (including phenoxy) is 1. The van der Waals surface area contributed by atoms with Crippen molar-refractivity contribution in [3.05, 3.63) is 35.2 Å². The van der Waals surface area contributed by atoms with Gasteiger partial charge in [-0.25, -0.2) is 4.68 Å². The highest BCUT2D eigenvalue weighted by Gasteiger charge is 2.17. The summed E-state index contributed by atoms with van der Waals surface area (Å²) in [7, 11) is 0. The summed E-state index contributed by atoms with van der Waals surface area (Å²) in [5.74, 6) is 6.73. The molecule has 0 aliphatic heterocycles. The topological polar surface area (TPSA) is 109 Å². The number of aryl methyl sites for hydroxylation is 2. The summed E-state index contributed by atoms with van der Waals surface area (Å²) in [5.41, 5.74) is 7.44. The molecule has 0 saturated carbocycles. The van der Waals surface area contributed by atoms with Crippen LogP contribution in [0.5, 0.6) is 5.75 Å². The molecule has 1 atom stereocenters. The summed E-state index contributed by atoms with van der Waals surface area (Å²) in [6.45, 7) is 5.88. The first-order chi connectivity index (χ1) is 10.4. The van der Waals surface area contributed by atoms with Gasteiger partial charge in [-0.1, -0.05) is 29.5 Å². The summed E-state index contributed by atoms with van der Waals surface area (Å²) in [6.07, 6.45) is 0. The van der Waals surface area contributed by atoms with Crippen molar-refractivity contribution in [1.29, 1.82) is 0 Å². The fourth-order valence-corrected chi connectivity index (χ4v) is 2.55. The molecule has 0 saturated heterocycles. The van der Waals surface area contributed by atoms with E-state index in [2.05, 4.69) is 10.2 Å². The van der Waals surface area contributed by atoms with E-state index in [-0.39, 0.29) is 6.61 Å². The quantitative estimate of drug-likeness (QED) is 0.610. The Bertz CT molecular complexity index is 686. The molecule has 0 fully saturated rings. The average molecular weight is 321 g/mol. The van der Waals surface area contributed by atoms with Gasteiger partial charge in [0.15, 0.2) is 5.82 Å². The minimum atomic E-state index is -0.431. The lowest BCUT2D eigenvalue weighted by atomic mass is 10.1. The van der Waals surface area contributed by atoms with Gasteiger partial charge in [0.25, 0.3) is 0 Å². The van der Waals surface area contributed by atoms with Crippen molar-refractivity contribution < 1.29 is 9.53 Å². The maximum Gasteiger partial charge on any atom is 0.230 e. The van der Waals surface area contributed by atoms with Crippen LogP contribution in [-0.2, 0) is 11.4 Å². The molecule has 1 aromatic carbocycles. The fraction of sp³-hybridized carbons (Fsp3) is 0.357. The SMILES string of the molecule is Cc1ccc(OCc2nnc(S[C@H](C)C(N)=O)n2N)c(C)c1. The molecule has 2 aromatic rings. The number of amides is 1. The lowest BCUT2D eigenvalue weighted by Gasteiger charge is -2.10. The normalized spacial score (nSPS) is 12.1. The van der Waals surface area contributed by atoms with E-state index >= 15 is 0 Å². The van der Waals surface area contributed by atoms with Gasteiger partial charge in [-0.15, -0.1) is 10.2 Å². The van der Waals surface area contributed by atoms with Crippen LogP contribution in [0.2, 0.25) is 0 Å². The fourth-order valence-electron chi connectivity index (χ4n) is 1.81. The third kappa shape index (κ3) is 3.70. The average Bonchev–Trinajstić information content (AvgIpc) is 2.79. The summed E-state index contributed by atoms with van der Waals surface area (Å²) in [4.78, 5) is 11.1. The van der Waals surface area contributed by atoms with Gasteiger partial charge < -0.3 is 16.3 Å². The third-order valence-electron chi connectivity index (χ3n) is 3.11. The Morgan fingerprint density at radius 2 is 2.14 bits per heavy atom. The predicted octanol–water partition coefficient (Wildman–Crippen LogP) is 1.15. The first-order valence-electron chi connectivity index (χ1n) is 6.74. The maximum absolute atomic E-state index is 11.1. The van der Waals surface area contributed by atoms with E-state index in [1.807, 2.05) is 32.0 Å². The summed E-state index contributed by atoms with van der Waals surface area (Å²) < 4.78 is 7.03. The Morgan fingerprint density at radius 3 is 2.77 bits per heavy atom. The van der Waals surface area contributed by atoms with Crippen LogP contribution in [0, 0.1) is 13.8 Å². The van der Waals surface area contributed by atoms with Crippen LogP contribution in [0.25, 0.3) is 0 Å². The van der Waals surface area contributed by atoms with Crippen LogP contribution in [0.15, 0.2) is 23.4 Å². The molecule has 0 unspecified atom stereocenters. The van der Waals surface area contributed by atoms with Gasteiger partial charge in [0.2, 0.25) is 11.1 Å². The Hall–Kier alpha value is -2.22. The zero-order valence-electron chi connectivity index (χ0n) is 12.7. The minimum Gasteiger partial charge on any atom is -0.485 e. The Morgan fingerprint density at radius 1 is 1.41 bits per heavy atom. The predicted molar refractivity (Wildman–Crippen MR) is 84.9 cm³/mol. The molecule has 7 nitrogen and oxygen atoms in total. The van der Waals surface area contributed by atoms with Crippen molar-refractivity contribution in [1.82, 2.24) is 14.9 Å². The van der Waals surface area contributed by atoms with Crippen molar-refractivity contribution in [2.75, 3.05) is 5.84 Å². The number of benzene rings is 1. The number of aromatic nitrogens is 3. The highest BCUT2D eigenvalue weighted by Crippen LogP contribution is 2.22. The molecule has 4 N–H and O–H groups in total. The standard InChI is InChI=1S/C14H19N5O2S/c1-8-4-5-11(9(2)6-8)21-7-12-17-18-14(19(12)16)22-10(3)13(15)20/h4-6,10H,7,16H2,1-3H3,(H2,15,20)/t10-/m1/s1. The zero-order valence-corrected chi connectivity index (χ0v) is 13.6. The molecule has 1 heterocycles. The van der Waals surface area contributed by atoms with Crippen LogP contribution in [0.3, 0.4) is 0 Å². The number of carbonyl (C=O) groups is 1. The number of nitrogen functional groups attached to an aromatic ring is 1. The van der Waals surface area contributed by atoms with E-state index in [1.165, 1.54) is 10.2 Å². The van der Waals surface area contributed by atoms with Crippen molar-refractivity contribution in [3.8, 4) is 5.75 Å². The second-order valence-corrected chi connectivity index (χ2v) is 6.30. The number of thioether (sulfide) groups is 1. The van der Waals surface area contributed by atoms with E-state index in [0.29, 0.717) is 11.0 Å².